The first-order valence-corrected chi connectivity index (χ1v) is 17.3. The van der Waals surface area contributed by atoms with Crippen LogP contribution in [0.4, 0.5) is 16.2 Å². The van der Waals surface area contributed by atoms with Crippen molar-refractivity contribution in [3.05, 3.63) is 100 Å². The van der Waals surface area contributed by atoms with Gasteiger partial charge in [-0.1, -0.05) is 40.2 Å². The lowest BCUT2D eigenvalue weighted by Crippen LogP contribution is -2.57. The third-order valence-corrected chi connectivity index (χ3v) is 9.23. The number of ether oxygens (including phenoxy) is 3. The van der Waals surface area contributed by atoms with E-state index in [1.54, 1.807) is 52.1 Å². The number of nitrogens with one attached hydrogen (secondary N) is 1. The number of esters is 1. The maximum atomic E-state index is 14.8. The molecule has 0 unspecified atom stereocenters. The first-order chi connectivity index (χ1) is 24.6. The molecule has 0 saturated carbocycles. The number of carbonyl (C=O) groups excluding carboxylic acids is 5. The number of halogens is 1. The Labute approximate surface area is 310 Å². The fourth-order valence-electron chi connectivity index (χ4n) is 5.89. The minimum atomic E-state index is -1.25. The van der Waals surface area contributed by atoms with E-state index in [0.717, 1.165) is 25.7 Å². The first kappa shape index (κ1) is 37.8. The minimum Gasteiger partial charge on any atom is -0.496 e. The summed E-state index contributed by atoms with van der Waals surface area (Å²) < 4.78 is 16.9. The third-order valence-electron chi connectivity index (χ3n) is 8.74. The Bertz CT molecular complexity index is 2030. The van der Waals surface area contributed by atoms with Crippen molar-refractivity contribution in [2.24, 2.45) is 0 Å². The number of hydrogen-bond acceptors (Lipinski definition) is 8. The van der Waals surface area contributed by atoms with Gasteiger partial charge in [0.05, 0.1) is 44.2 Å². The van der Waals surface area contributed by atoms with Gasteiger partial charge < -0.3 is 29.3 Å². The molecule has 1 N–H and O–H groups in total. The second-order valence-corrected chi connectivity index (χ2v) is 14.3. The van der Waals surface area contributed by atoms with E-state index >= 15 is 0 Å². The van der Waals surface area contributed by atoms with Crippen molar-refractivity contribution in [2.75, 3.05) is 37.6 Å². The molecule has 13 heteroatoms. The molecule has 5 rings (SSSR count). The zero-order valence-electron chi connectivity index (χ0n) is 30.1. The topological polar surface area (TPSA) is 135 Å². The average molecular weight is 774 g/mol. The van der Waals surface area contributed by atoms with Gasteiger partial charge in [0.2, 0.25) is 5.91 Å². The summed E-state index contributed by atoms with van der Waals surface area (Å²) in [6, 6.07) is 20.3. The van der Waals surface area contributed by atoms with Crippen LogP contribution in [0.3, 0.4) is 0 Å². The molecular weight excluding hydrogens is 732 g/mol. The van der Waals surface area contributed by atoms with Crippen LogP contribution in [-0.4, -0.2) is 80.2 Å². The maximum absolute atomic E-state index is 14.8. The number of likely N-dealkylation sites (N-methyl/N-ethyl adjacent to an activating group) is 1. The van der Waals surface area contributed by atoms with E-state index in [0.29, 0.717) is 17.1 Å². The normalized spacial score (nSPS) is 14.9. The van der Waals surface area contributed by atoms with Crippen molar-refractivity contribution < 1.29 is 38.2 Å². The van der Waals surface area contributed by atoms with Crippen molar-refractivity contribution in [1.82, 2.24) is 10.2 Å². The van der Waals surface area contributed by atoms with E-state index < -0.39 is 47.5 Å². The molecule has 4 amide bonds. The molecule has 0 aromatic heterocycles. The van der Waals surface area contributed by atoms with Crippen molar-refractivity contribution in [3.8, 4) is 5.75 Å². The van der Waals surface area contributed by atoms with Gasteiger partial charge in [-0.15, -0.1) is 0 Å². The molecule has 0 saturated heterocycles. The largest absolute Gasteiger partial charge is 0.496 e. The van der Waals surface area contributed by atoms with Crippen LogP contribution in [0.1, 0.15) is 54.0 Å². The zero-order chi connectivity index (χ0) is 37.9. The Kier molecular flexibility index (Phi) is 11.2. The molecule has 1 aliphatic rings. The second kappa shape index (κ2) is 15.4. The Morgan fingerprint density at radius 1 is 0.942 bits per heavy atom. The lowest BCUT2D eigenvalue weighted by Gasteiger charge is -2.30. The van der Waals surface area contributed by atoms with E-state index in [-0.39, 0.29) is 24.2 Å². The number of anilines is 2. The van der Waals surface area contributed by atoms with Crippen molar-refractivity contribution in [2.45, 2.75) is 51.9 Å². The van der Waals surface area contributed by atoms with Gasteiger partial charge in [-0.3, -0.25) is 19.3 Å². The molecule has 4 aromatic carbocycles. The van der Waals surface area contributed by atoms with E-state index in [2.05, 4.69) is 21.2 Å². The SMILES string of the molecule is COC(=O)c1ccc(C(=O)N2C[C@H](NC(=O)[C@H](C)N(C)C(=O)OC(C)(C)C)C(=O)N(Cc3c(OC)ccc4cc(Br)ccc34)c3ccccc32)cc1. The predicted molar refractivity (Wildman–Crippen MR) is 201 cm³/mol. The maximum Gasteiger partial charge on any atom is 0.410 e. The van der Waals surface area contributed by atoms with E-state index in [9.17, 15) is 24.0 Å². The van der Waals surface area contributed by atoms with Gasteiger partial charge in [-0.2, -0.15) is 0 Å². The average Bonchev–Trinajstić information content (AvgIpc) is 3.23. The highest BCUT2D eigenvalue weighted by Crippen LogP contribution is 2.38. The highest BCUT2D eigenvalue weighted by molar-refractivity contribution is 9.10. The molecule has 1 aliphatic heterocycles. The smallest absolute Gasteiger partial charge is 0.410 e. The number of nitrogens with zero attached hydrogens (tertiary/aromatic N) is 3. The number of methoxy groups -OCH3 is 2. The number of hydrogen-bond donors (Lipinski definition) is 1. The van der Waals surface area contributed by atoms with Crippen LogP contribution in [0.5, 0.6) is 5.75 Å². The number of para-hydroxylation sites is 2. The summed E-state index contributed by atoms with van der Waals surface area (Å²) >= 11 is 3.53. The Morgan fingerprint density at radius 2 is 1.60 bits per heavy atom. The monoisotopic (exact) mass is 772 g/mol. The Hall–Kier alpha value is -5.43. The summed E-state index contributed by atoms with van der Waals surface area (Å²) in [6.07, 6.45) is -0.710. The lowest BCUT2D eigenvalue weighted by molar-refractivity contribution is -0.130. The molecule has 4 aromatic rings. The van der Waals surface area contributed by atoms with Crippen LogP contribution < -0.4 is 19.9 Å². The Balaban J connectivity index is 1.59. The number of rotatable bonds is 8. The van der Waals surface area contributed by atoms with Gasteiger partial charge in [0, 0.05) is 22.6 Å². The third kappa shape index (κ3) is 8.04. The minimum absolute atomic E-state index is 0.0353. The molecule has 0 radical (unpaired) electrons. The molecular formula is C39H41BrN4O8. The molecule has 12 nitrogen and oxygen atoms in total. The van der Waals surface area contributed by atoms with Crippen LogP contribution in [0.15, 0.2) is 83.3 Å². The first-order valence-electron chi connectivity index (χ1n) is 16.6. The summed E-state index contributed by atoms with van der Waals surface area (Å²) in [7, 11) is 4.26. The molecule has 0 aliphatic carbocycles. The molecule has 272 valence electrons. The van der Waals surface area contributed by atoms with Crippen LogP contribution in [0, 0.1) is 0 Å². The van der Waals surface area contributed by atoms with Gasteiger partial charge in [-0.25, -0.2) is 9.59 Å². The molecule has 1 heterocycles. The molecule has 2 atom stereocenters. The standard InChI is InChI=1S/C39H41BrN4O8/c1-23(42(5)38(49)52-39(2,3)4)34(45)41-30-22-44(35(46)24-12-14-25(15-13-24)37(48)51-7)32-11-9-8-10-31(32)43(36(30)47)21-29-28-18-17-27(40)20-26(28)16-19-33(29)50-6/h8-20,23,30H,21-22H2,1-7H3,(H,41,45)/t23-,30-/m0/s1. The molecule has 0 fully saturated rings. The molecule has 0 spiro atoms. The van der Waals surface area contributed by atoms with Crippen molar-refractivity contribution >= 4 is 67.9 Å². The highest BCUT2D eigenvalue weighted by Gasteiger charge is 2.39. The van der Waals surface area contributed by atoms with Gasteiger partial charge in [0.15, 0.2) is 0 Å². The molecule has 0 bridgehead atoms. The van der Waals surface area contributed by atoms with E-state index in [1.165, 1.54) is 55.1 Å². The summed E-state index contributed by atoms with van der Waals surface area (Å²) in [5, 5.41) is 4.59. The predicted octanol–water partition coefficient (Wildman–Crippen LogP) is 6.33. The fraction of sp³-hybridized carbons (Fsp3) is 0.308. The van der Waals surface area contributed by atoms with Gasteiger partial charge >= 0.3 is 12.1 Å². The number of fused-ring (bicyclic) bond motifs is 2. The quantitative estimate of drug-likeness (QED) is 0.206. The van der Waals surface area contributed by atoms with E-state index in [1.807, 2.05) is 30.3 Å². The fourth-order valence-corrected chi connectivity index (χ4v) is 6.27. The summed E-state index contributed by atoms with van der Waals surface area (Å²) in [6.45, 7) is 6.48. The van der Waals surface area contributed by atoms with Gasteiger partial charge in [0.25, 0.3) is 11.8 Å². The van der Waals surface area contributed by atoms with Gasteiger partial charge in [0.1, 0.15) is 23.4 Å². The zero-order valence-corrected chi connectivity index (χ0v) is 31.6. The van der Waals surface area contributed by atoms with Crippen molar-refractivity contribution in [1.29, 1.82) is 0 Å². The van der Waals surface area contributed by atoms with Crippen LogP contribution in [0.2, 0.25) is 0 Å². The second-order valence-electron chi connectivity index (χ2n) is 13.3. The van der Waals surface area contributed by atoms with Crippen LogP contribution >= 0.6 is 15.9 Å². The number of carbonyl (C=O) groups is 5. The number of amides is 4. The van der Waals surface area contributed by atoms with Crippen LogP contribution in [0.25, 0.3) is 10.8 Å². The molecule has 52 heavy (non-hydrogen) atoms. The van der Waals surface area contributed by atoms with E-state index in [4.69, 9.17) is 14.2 Å². The summed E-state index contributed by atoms with van der Waals surface area (Å²) in [5.41, 5.74) is 1.29. The summed E-state index contributed by atoms with van der Waals surface area (Å²) in [5.74, 6) is -1.58. The van der Waals surface area contributed by atoms with Gasteiger partial charge in [-0.05, 0) is 93.1 Å². The number of benzene rings is 4. The summed E-state index contributed by atoms with van der Waals surface area (Å²) in [4.78, 5) is 71.9. The Morgan fingerprint density at radius 3 is 2.23 bits per heavy atom. The highest BCUT2D eigenvalue weighted by atomic mass is 79.9. The van der Waals surface area contributed by atoms with Crippen LogP contribution in [-0.2, 0) is 25.6 Å². The lowest BCUT2D eigenvalue weighted by atomic mass is 10.0. The van der Waals surface area contributed by atoms with Crippen molar-refractivity contribution in [3.63, 3.8) is 0 Å².